The molecule has 0 aliphatic carbocycles. The number of pyridine rings is 1. The predicted molar refractivity (Wildman–Crippen MR) is 91.2 cm³/mol. The van der Waals surface area contributed by atoms with Gasteiger partial charge in [-0.1, -0.05) is 12.1 Å². The van der Waals surface area contributed by atoms with Crippen LogP contribution in [-0.4, -0.2) is 43.9 Å². The Morgan fingerprint density at radius 1 is 0.963 bits per heavy atom. The van der Waals surface area contributed by atoms with Crippen molar-refractivity contribution in [1.29, 1.82) is 0 Å². The van der Waals surface area contributed by atoms with E-state index in [0.717, 1.165) is 18.3 Å². The average molecular weight is 403 g/mol. The fraction of sp³-hybridized carbons (Fsp3) is 0.353. The fourth-order valence-electron chi connectivity index (χ4n) is 2.90. The largest absolute Gasteiger partial charge is 0.417 e. The molecule has 0 amide bonds. The van der Waals surface area contributed by atoms with Gasteiger partial charge in [0, 0.05) is 32.4 Å². The van der Waals surface area contributed by atoms with Crippen LogP contribution in [0.25, 0.3) is 0 Å². The van der Waals surface area contributed by atoms with Gasteiger partial charge in [-0.2, -0.15) is 17.5 Å². The van der Waals surface area contributed by atoms with E-state index in [1.807, 2.05) is 0 Å². The summed E-state index contributed by atoms with van der Waals surface area (Å²) >= 11 is 0. The summed E-state index contributed by atoms with van der Waals surface area (Å²) in [6.45, 7) is 0.945. The van der Waals surface area contributed by atoms with Crippen LogP contribution in [0.15, 0.2) is 47.5 Å². The van der Waals surface area contributed by atoms with E-state index in [2.05, 4.69) is 4.98 Å². The second-order valence-corrected chi connectivity index (χ2v) is 7.98. The van der Waals surface area contributed by atoms with Crippen molar-refractivity contribution in [3.63, 3.8) is 0 Å². The molecule has 0 N–H and O–H groups in total. The number of anilines is 1. The van der Waals surface area contributed by atoms with E-state index >= 15 is 0 Å². The molecule has 0 atom stereocenters. The lowest BCUT2D eigenvalue weighted by Crippen LogP contribution is -2.35. The molecule has 146 valence electrons. The number of rotatable bonds is 3. The number of benzene rings is 1. The summed E-state index contributed by atoms with van der Waals surface area (Å²) in [5, 5.41) is 0. The van der Waals surface area contributed by atoms with E-state index in [9.17, 15) is 26.0 Å². The third kappa shape index (κ3) is 4.22. The van der Waals surface area contributed by atoms with Gasteiger partial charge in [-0.05, 0) is 30.7 Å². The summed E-state index contributed by atoms with van der Waals surface area (Å²) in [6, 6.07) is 7.37. The Kier molecular flexibility index (Phi) is 5.38. The quantitative estimate of drug-likeness (QED) is 0.739. The molecule has 1 aliphatic rings. The molecule has 1 aromatic carbocycles. The number of halogens is 4. The highest BCUT2D eigenvalue weighted by atomic mass is 32.2. The Balaban J connectivity index is 1.75. The summed E-state index contributed by atoms with van der Waals surface area (Å²) in [5.74, 6) is -0.476. The lowest BCUT2D eigenvalue weighted by molar-refractivity contribution is -0.137. The number of alkyl halides is 3. The number of hydrogen-bond acceptors (Lipinski definition) is 4. The molecule has 2 aromatic rings. The number of nitrogens with zero attached hydrogens (tertiary/aromatic N) is 3. The number of aromatic nitrogens is 1. The third-order valence-corrected chi connectivity index (χ3v) is 6.24. The third-order valence-electron chi connectivity index (χ3n) is 4.31. The zero-order valence-corrected chi connectivity index (χ0v) is 15.0. The van der Waals surface area contributed by atoms with E-state index in [-0.39, 0.29) is 24.5 Å². The van der Waals surface area contributed by atoms with Gasteiger partial charge in [-0.3, -0.25) is 0 Å². The van der Waals surface area contributed by atoms with Gasteiger partial charge in [0.05, 0.1) is 5.56 Å². The minimum atomic E-state index is -4.46. The van der Waals surface area contributed by atoms with Crippen molar-refractivity contribution < 1.29 is 26.0 Å². The topological polar surface area (TPSA) is 53.5 Å². The van der Waals surface area contributed by atoms with Gasteiger partial charge in [0.1, 0.15) is 16.5 Å². The first-order valence-electron chi connectivity index (χ1n) is 8.22. The van der Waals surface area contributed by atoms with Crippen molar-refractivity contribution in [2.75, 3.05) is 31.1 Å². The van der Waals surface area contributed by atoms with Crippen molar-refractivity contribution in [2.24, 2.45) is 0 Å². The van der Waals surface area contributed by atoms with Crippen molar-refractivity contribution in [2.45, 2.75) is 17.5 Å². The van der Waals surface area contributed by atoms with E-state index in [0.29, 0.717) is 18.8 Å². The Morgan fingerprint density at radius 2 is 1.70 bits per heavy atom. The average Bonchev–Trinajstić information content (AvgIpc) is 2.88. The Bertz CT molecular complexity index is 901. The van der Waals surface area contributed by atoms with Gasteiger partial charge in [-0.25, -0.2) is 17.8 Å². The predicted octanol–water partition coefficient (Wildman–Crippen LogP) is 3.14. The molecule has 0 unspecified atom stereocenters. The minimum absolute atomic E-state index is 0.0827. The van der Waals surface area contributed by atoms with E-state index in [1.54, 1.807) is 4.90 Å². The monoisotopic (exact) mass is 403 g/mol. The zero-order chi connectivity index (χ0) is 19.7. The van der Waals surface area contributed by atoms with E-state index in [1.165, 1.54) is 28.6 Å². The van der Waals surface area contributed by atoms with Crippen LogP contribution >= 0.6 is 0 Å². The maximum absolute atomic E-state index is 13.9. The standard InChI is InChI=1S/C17H17F4N3O2S/c18-14-4-1-2-5-15(14)27(25,26)24-9-3-8-23(10-11-24)16-7-6-13(12-22-16)17(19,20)21/h1-2,4-7,12H,3,8-11H2. The summed E-state index contributed by atoms with van der Waals surface area (Å²) in [5.41, 5.74) is -0.843. The maximum Gasteiger partial charge on any atom is 0.417 e. The Hall–Kier alpha value is -2.20. The lowest BCUT2D eigenvalue weighted by Gasteiger charge is -2.23. The van der Waals surface area contributed by atoms with Gasteiger partial charge in [0.25, 0.3) is 0 Å². The van der Waals surface area contributed by atoms with Gasteiger partial charge >= 0.3 is 6.18 Å². The van der Waals surface area contributed by atoms with Crippen LogP contribution in [0, 0.1) is 5.82 Å². The van der Waals surface area contributed by atoms with E-state index in [4.69, 9.17) is 0 Å². The maximum atomic E-state index is 13.9. The van der Waals surface area contributed by atoms with Crippen LogP contribution in [0.1, 0.15) is 12.0 Å². The molecule has 0 saturated carbocycles. The van der Waals surface area contributed by atoms with Crippen LogP contribution in [0.3, 0.4) is 0 Å². The normalized spacial score (nSPS) is 17.0. The molecule has 27 heavy (non-hydrogen) atoms. The molecule has 10 heteroatoms. The summed E-state index contributed by atoms with van der Waals surface area (Å²) in [4.78, 5) is 5.18. The van der Waals surface area contributed by atoms with Crippen LogP contribution in [-0.2, 0) is 16.2 Å². The molecule has 3 rings (SSSR count). The first-order chi connectivity index (χ1) is 12.7. The van der Waals surface area contributed by atoms with Crippen LogP contribution in [0.5, 0.6) is 0 Å². The molecule has 0 bridgehead atoms. The highest BCUT2D eigenvalue weighted by Crippen LogP contribution is 2.29. The van der Waals surface area contributed by atoms with Gasteiger partial charge < -0.3 is 4.90 Å². The molecule has 1 saturated heterocycles. The zero-order valence-electron chi connectivity index (χ0n) is 14.2. The smallest absolute Gasteiger partial charge is 0.355 e. The molecule has 0 spiro atoms. The minimum Gasteiger partial charge on any atom is -0.355 e. The SMILES string of the molecule is O=S(=O)(c1ccccc1F)N1CCCN(c2ccc(C(F)(F)F)cn2)CC1. The molecule has 5 nitrogen and oxygen atoms in total. The van der Waals surface area contributed by atoms with Crippen LogP contribution < -0.4 is 4.90 Å². The summed E-state index contributed by atoms with van der Waals surface area (Å²) in [6.07, 6.45) is -3.26. The summed E-state index contributed by atoms with van der Waals surface area (Å²) < 4.78 is 78.4. The molecule has 1 fully saturated rings. The Labute approximate surface area is 154 Å². The van der Waals surface area contributed by atoms with Crippen molar-refractivity contribution in [3.05, 3.63) is 54.0 Å². The van der Waals surface area contributed by atoms with Crippen LogP contribution in [0.4, 0.5) is 23.4 Å². The summed E-state index contributed by atoms with van der Waals surface area (Å²) in [7, 11) is -3.99. The van der Waals surface area contributed by atoms with Crippen molar-refractivity contribution in [1.82, 2.24) is 9.29 Å². The highest BCUT2D eigenvalue weighted by Gasteiger charge is 2.32. The first kappa shape index (κ1) is 19.6. The number of sulfonamides is 1. The fourth-order valence-corrected chi connectivity index (χ4v) is 4.43. The first-order valence-corrected chi connectivity index (χ1v) is 9.66. The lowest BCUT2D eigenvalue weighted by atomic mass is 10.2. The number of hydrogen-bond donors (Lipinski definition) is 0. The van der Waals surface area contributed by atoms with Gasteiger partial charge in [-0.15, -0.1) is 0 Å². The molecule has 2 heterocycles. The molecule has 1 aliphatic heterocycles. The van der Waals surface area contributed by atoms with Crippen LogP contribution in [0.2, 0.25) is 0 Å². The van der Waals surface area contributed by atoms with Gasteiger partial charge in [0.15, 0.2) is 0 Å². The molecule has 1 aromatic heterocycles. The van der Waals surface area contributed by atoms with Crippen molar-refractivity contribution in [3.8, 4) is 0 Å². The molecular weight excluding hydrogens is 386 g/mol. The van der Waals surface area contributed by atoms with Crippen molar-refractivity contribution >= 4 is 15.8 Å². The second kappa shape index (κ2) is 7.43. The van der Waals surface area contributed by atoms with Gasteiger partial charge in [0.2, 0.25) is 10.0 Å². The van der Waals surface area contributed by atoms with E-state index < -0.39 is 27.6 Å². The molecule has 0 radical (unpaired) electrons. The highest BCUT2D eigenvalue weighted by molar-refractivity contribution is 7.89. The second-order valence-electron chi connectivity index (χ2n) is 6.08. The Morgan fingerprint density at radius 3 is 2.33 bits per heavy atom. The molecular formula is C17H17F4N3O2S.